The lowest BCUT2D eigenvalue weighted by atomic mass is 10.0. The Morgan fingerprint density at radius 3 is 2.50 bits per heavy atom. The number of aryl methyl sites for hydroxylation is 1. The van der Waals surface area contributed by atoms with Crippen LogP contribution in [-0.2, 0) is 31.6 Å². The quantitative estimate of drug-likeness (QED) is 0.386. The van der Waals surface area contributed by atoms with Crippen molar-refractivity contribution >= 4 is 23.0 Å². The number of H-pyrrole nitrogens is 1. The van der Waals surface area contributed by atoms with Gasteiger partial charge in [-0.15, -0.1) is 0 Å². The Bertz CT molecular complexity index is 933. The smallest absolute Gasteiger partial charge is 0.387 e. The fourth-order valence-electron chi connectivity index (χ4n) is 2.80. The molecule has 5 N–H and O–H groups in total. The maximum Gasteiger partial charge on any atom is 0.486 e. The number of rotatable bonds is 4. The standard InChI is InChI=1S/C12H18NO12P3/c1-6-2-7(3-13-12(6)16)11-10(15)9(14)8(23-11)4-22-27(19)5-26(17,18)24-28(20,21)25-27/h2-3,8-11,14-15H,4-5H2,1H3,(H,13,16)(H,17,18)(H,20,21)/t8-,9?,10?,11+,27?/m1/s1. The molecule has 158 valence electrons. The average molecular weight is 461 g/mol. The van der Waals surface area contributed by atoms with Gasteiger partial charge in [-0.25, -0.2) is 13.2 Å². The highest BCUT2D eigenvalue weighted by Crippen LogP contribution is 2.78. The van der Waals surface area contributed by atoms with Crippen molar-refractivity contribution in [3.05, 3.63) is 33.7 Å². The molecule has 2 fully saturated rings. The van der Waals surface area contributed by atoms with Crippen LogP contribution < -0.4 is 5.56 Å². The van der Waals surface area contributed by atoms with Crippen LogP contribution in [0, 0.1) is 6.92 Å². The van der Waals surface area contributed by atoms with Gasteiger partial charge in [0, 0.05) is 17.3 Å². The Labute approximate surface area is 157 Å². The molecule has 3 rings (SSSR count). The van der Waals surface area contributed by atoms with Crippen LogP contribution in [0.1, 0.15) is 17.2 Å². The van der Waals surface area contributed by atoms with Crippen molar-refractivity contribution in [3.63, 3.8) is 0 Å². The molecule has 2 saturated heterocycles. The second-order valence-electron chi connectivity index (χ2n) is 6.34. The number of hydrogen-bond acceptors (Lipinski definition) is 10. The number of phosphoric acid groups is 1. The average Bonchev–Trinajstić information content (AvgIpc) is 2.80. The molecule has 3 heterocycles. The van der Waals surface area contributed by atoms with E-state index in [4.69, 9.17) is 9.26 Å². The van der Waals surface area contributed by atoms with Gasteiger partial charge in [-0.3, -0.25) is 13.9 Å². The molecule has 13 nitrogen and oxygen atoms in total. The molecule has 28 heavy (non-hydrogen) atoms. The zero-order valence-electron chi connectivity index (χ0n) is 14.3. The predicted molar refractivity (Wildman–Crippen MR) is 91.7 cm³/mol. The summed E-state index contributed by atoms with van der Waals surface area (Å²) >= 11 is 0. The minimum Gasteiger partial charge on any atom is -0.387 e. The summed E-state index contributed by atoms with van der Waals surface area (Å²) in [5.41, 5.74) is 0.369. The molecule has 0 aromatic carbocycles. The van der Waals surface area contributed by atoms with E-state index in [1.54, 1.807) is 0 Å². The predicted octanol–water partition coefficient (Wildman–Crippen LogP) is 0.345. The third-order valence-corrected chi connectivity index (χ3v) is 11.1. The number of ether oxygens (including phenoxy) is 1. The van der Waals surface area contributed by atoms with Gasteiger partial charge in [-0.05, 0) is 13.0 Å². The highest BCUT2D eigenvalue weighted by atomic mass is 31.3. The van der Waals surface area contributed by atoms with Gasteiger partial charge in [0.05, 0.1) is 6.61 Å². The minimum atomic E-state index is -5.08. The van der Waals surface area contributed by atoms with E-state index >= 15 is 0 Å². The van der Waals surface area contributed by atoms with Gasteiger partial charge in [-0.2, -0.15) is 0 Å². The molecule has 5 unspecified atom stereocenters. The highest BCUT2D eigenvalue weighted by Gasteiger charge is 2.53. The summed E-state index contributed by atoms with van der Waals surface area (Å²) in [6.07, 6.45) is -3.94. The van der Waals surface area contributed by atoms with Gasteiger partial charge in [0.2, 0.25) is 0 Å². The number of hydrogen-bond donors (Lipinski definition) is 5. The van der Waals surface area contributed by atoms with E-state index in [1.165, 1.54) is 19.2 Å². The molecule has 16 heteroatoms. The summed E-state index contributed by atoms with van der Waals surface area (Å²) in [6.45, 7) is 0.851. The number of aliphatic hydroxyl groups is 2. The number of nitrogens with one attached hydrogen (secondary N) is 1. The SMILES string of the molecule is Cc1cc([C@@H]2O[C@H](COP3(=O)CP(=O)(O)OP(=O)(O)O3)C(O)C2O)c[nH]c1=O. The van der Waals surface area contributed by atoms with E-state index in [1.807, 2.05) is 0 Å². The van der Waals surface area contributed by atoms with Crippen LogP contribution in [0.4, 0.5) is 0 Å². The molecule has 0 spiro atoms. The van der Waals surface area contributed by atoms with Crippen molar-refractivity contribution in [2.45, 2.75) is 31.3 Å². The van der Waals surface area contributed by atoms with E-state index < -0.39 is 59.9 Å². The maximum atomic E-state index is 12.4. The first-order valence-electron chi connectivity index (χ1n) is 7.83. The van der Waals surface area contributed by atoms with Crippen LogP contribution in [-0.4, -0.2) is 55.8 Å². The first kappa shape index (κ1) is 22.0. The minimum absolute atomic E-state index is 0.340. The van der Waals surface area contributed by atoms with E-state index in [-0.39, 0.29) is 5.56 Å². The Morgan fingerprint density at radius 1 is 1.21 bits per heavy atom. The molecule has 0 aliphatic carbocycles. The summed E-state index contributed by atoms with van der Waals surface area (Å²) in [5, 5.41) is 20.3. The van der Waals surface area contributed by atoms with Crippen molar-refractivity contribution in [1.82, 2.24) is 4.98 Å². The summed E-state index contributed by atoms with van der Waals surface area (Å²) in [4.78, 5) is 32.5. The highest BCUT2D eigenvalue weighted by molar-refractivity contribution is 7.81. The van der Waals surface area contributed by atoms with Crippen LogP contribution in [0.2, 0.25) is 0 Å². The van der Waals surface area contributed by atoms with E-state index in [0.717, 1.165) is 0 Å². The second kappa shape index (κ2) is 7.54. The van der Waals surface area contributed by atoms with Crippen LogP contribution in [0.3, 0.4) is 0 Å². The van der Waals surface area contributed by atoms with Gasteiger partial charge in [0.1, 0.15) is 24.4 Å². The Hall–Kier alpha value is -0.680. The van der Waals surface area contributed by atoms with Gasteiger partial charge in [0.25, 0.3) is 5.56 Å². The number of aromatic amines is 1. The van der Waals surface area contributed by atoms with E-state index in [2.05, 4.69) is 13.6 Å². The Morgan fingerprint density at radius 2 is 1.89 bits per heavy atom. The summed E-state index contributed by atoms with van der Waals surface area (Å²) in [7, 11) is -14.3. The molecule has 0 amide bonds. The number of pyridine rings is 1. The second-order valence-corrected chi connectivity index (χ2v) is 12.5. The van der Waals surface area contributed by atoms with Crippen LogP contribution in [0.25, 0.3) is 0 Å². The monoisotopic (exact) mass is 461 g/mol. The topological polar surface area (TPSA) is 202 Å². The number of aromatic nitrogens is 1. The van der Waals surface area contributed by atoms with Gasteiger partial charge < -0.3 is 34.2 Å². The lowest BCUT2D eigenvalue weighted by molar-refractivity contribution is -0.0188. The molecule has 2 aliphatic rings. The fourth-order valence-corrected chi connectivity index (χ4v) is 9.72. The van der Waals surface area contributed by atoms with Crippen molar-refractivity contribution in [2.24, 2.45) is 0 Å². The van der Waals surface area contributed by atoms with E-state index in [0.29, 0.717) is 11.1 Å². The van der Waals surface area contributed by atoms with Crippen LogP contribution >= 0.6 is 23.0 Å². The maximum absolute atomic E-state index is 12.4. The molecule has 1 aromatic heterocycles. The van der Waals surface area contributed by atoms with Gasteiger partial charge >= 0.3 is 23.0 Å². The Kier molecular flexibility index (Phi) is 5.93. The van der Waals surface area contributed by atoms with Crippen LogP contribution in [0.5, 0.6) is 0 Å². The first-order valence-corrected chi connectivity index (χ1v) is 12.8. The summed E-state index contributed by atoms with van der Waals surface area (Å²) < 4.78 is 54.1. The molecule has 0 radical (unpaired) electrons. The number of aliphatic hydroxyl groups excluding tert-OH is 2. The zero-order valence-corrected chi connectivity index (χ0v) is 17.0. The van der Waals surface area contributed by atoms with Crippen molar-refractivity contribution in [3.8, 4) is 0 Å². The summed E-state index contributed by atoms with van der Waals surface area (Å²) in [5.74, 6) is -1.17. The van der Waals surface area contributed by atoms with E-state index in [9.17, 15) is 38.5 Å². The van der Waals surface area contributed by atoms with Crippen LogP contribution in [0.15, 0.2) is 17.1 Å². The zero-order chi connectivity index (χ0) is 20.9. The molecule has 0 bridgehead atoms. The normalized spacial score (nSPS) is 43.9. The molecular weight excluding hydrogens is 443 g/mol. The Balaban J connectivity index is 1.72. The largest absolute Gasteiger partial charge is 0.486 e. The fraction of sp³-hybridized carbons (Fsp3) is 0.583. The molecule has 1 aromatic rings. The van der Waals surface area contributed by atoms with Gasteiger partial charge in [-0.1, -0.05) is 0 Å². The van der Waals surface area contributed by atoms with Crippen molar-refractivity contribution < 1.29 is 51.6 Å². The van der Waals surface area contributed by atoms with Crippen molar-refractivity contribution in [1.29, 1.82) is 0 Å². The van der Waals surface area contributed by atoms with Crippen molar-refractivity contribution in [2.75, 3.05) is 12.5 Å². The lowest BCUT2D eigenvalue weighted by Crippen LogP contribution is -2.33. The molecule has 7 atom stereocenters. The molecule has 0 saturated carbocycles. The third kappa shape index (κ3) is 4.72. The molecular formula is C12H18NO12P3. The third-order valence-electron chi connectivity index (χ3n) is 4.05. The summed E-state index contributed by atoms with van der Waals surface area (Å²) in [6, 6.07) is 1.45. The van der Waals surface area contributed by atoms with Gasteiger partial charge in [0.15, 0.2) is 5.90 Å². The lowest BCUT2D eigenvalue weighted by Gasteiger charge is -2.28. The first-order chi connectivity index (χ1) is 12.8. The molecule has 2 aliphatic heterocycles.